The van der Waals surface area contributed by atoms with Gasteiger partial charge in [-0.05, 0) is 72.8 Å². The van der Waals surface area contributed by atoms with Gasteiger partial charge in [0, 0.05) is 68.4 Å². The van der Waals surface area contributed by atoms with E-state index in [-0.39, 0.29) is 40.5 Å². The van der Waals surface area contributed by atoms with Crippen LogP contribution >= 0.6 is 0 Å². The lowest BCUT2D eigenvalue weighted by Crippen LogP contribution is -2.71. The van der Waals surface area contributed by atoms with E-state index in [0.717, 1.165) is 83.1 Å². The van der Waals surface area contributed by atoms with Gasteiger partial charge in [0.1, 0.15) is 38.5 Å². The van der Waals surface area contributed by atoms with Crippen molar-refractivity contribution in [3.63, 3.8) is 0 Å². The fourth-order valence-electron chi connectivity index (χ4n) is 12.1. The molecular weight excluding hydrogens is 766 g/mol. The molecule has 6 nitrogen and oxygen atoms in total. The van der Waals surface area contributed by atoms with Gasteiger partial charge < -0.3 is 8.98 Å². The van der Waals surface area contributed by atoms with Gasteiger partial charge in [-0.15, -0.1) is 0 Å². The van der Waals surface area contributed by atoms with Crippen LogP contribution in [0.25, 0.3) is 49.4 Å². The second-order valence-corrected chi connectivity index (χ2v) is 23.7. The van der Waals surface area contributed by atoms with Gasteiger partial charge in [-0.25, -0.2) is 19.9 Å². The second-order valence-electron chi connectivity index (χ2n) is 23.7. The van der Waals surface area contributed by atoms with Gasteiger partial charge in [-0.1, -0.05) is 149 Å². The monoisotopic (exact) mass is 821 g/mol. The molecule has 0 fully saturated rings. The molecule has 0 amide bonds. The van der Waals surface area contributed by atoms with Crippen LogP contribution < -0.4 is 43.7 Å². The van der Waals surface area contributed by atoms with Crippen molar-refractivity contribution in [1.82, 2.24) is 24.5 Å². The summed E-state index contributed by atoms with van der Waals surface area (Å²) < 4.78 is 9.63. The summed E-state index contributed by atoms with van der Waals surface area (Å²) in [5.41, 5.74) is 15.2. The Balaban J connectivity index is 1.44. The first-order valence-electron chi connectivity index (χ1n) is 22.7. The van der Waals surface area contributed by atoms with Crippen LogP contribution in [0.5, 0.6) is 0 Å². The van der Waals surface area contributed by atoms with E-state index >= 15 is 0 Å². The van der Waals surface area contributed by atoms with Crippen LogP contribution in [-0.2, 0) is 27.1 Å². The Morgan fingerprint density at radius 3 is 1.59 bits per heavy atom. The normalized spacial score (nSPS) is 17.3. The Hall–Kier alpha value is -5.10. The minimum atomic E-state index is -0.414. The molecule has 0 N–H and O–H groups in total. The number of hydrogen-bond donors (Lipinski definition) is 0. The molecule has 8 aromatic rings. The summed E-state index contributed by atoms with van der Waals surface area (Å²) in [6.07, 6.45) is 8.19. The standard InChI is InChI=1S/C53H55B4N5O/c1-48(2,3)35-36(54)39-44-40(37(35)55)57(27-24-60-47(61-25-27)50(7,8)9)41-43-29(20-31-28-18-16-17-19-33(28)63-45(31)41)30-21-32-34(52(12,13)53(14,15)51(32,10)11)38(42(30)62(43)44)56(39)26-22-58-46(59-23-26)49(4,5)6/h16-25H,1-15H3. The zero-order valence-corrected chi connectivity index (χ0v) is 39.7. The minimum absolute atomic E-state index is 0.106. The Morgan fingerprint density at radius 1 is 0.571 bits per heavy atom. The number of rotatable bonds is 2. The SMILES string of the molecule is [B]c1c2c3c(c([B])c1C(C)(C)C)B(c1cnc(C(C)(C)C)nc1)c1c4oc5ccccc5c4cc4c5cc6c(c(c5n-3c14)B2c1cnc(C(C)(C)C)nc1)C(C)(C)C(C)(C)C6(C)C. The van der Waals surface area contributed by atoms with E-state index in [0.29, 0.717) is 5.46 Å². The topological polar surface area (TPSA) is 69.6 Å². The van der Waals surface area contributed by atoms with E-state index in [1.165, 1.54) is 32.9 Å². The Morgan fingerprint density at radius 2 is 1.06 bits per heavy atom. The summed E-state index contributed by atoms with van der Waals surface area (Å²) in [5, 5.41) is 4.58. The van der Waals surface area contributed by atoms with Crippen LogP contribution in [0.3, 0.4) is 0 Å². The summed E-state index contributed by atoms with van der Waals surface area (Å²) in [5.74, 6) is 1.60. The number of fused-ring (bicyclic) bond motifs is 7. The first kappa shape index (κ1) is 40.7. The molecular formula is C53H55B4N5O. The Kier molecular flexibility index (Phi) is 7.85. The van der Waals surface area contributed by atoms with Crippen LogP contribution in [-0.4, -0.2) is 53.6 Å². The molecule has 4 aromatic heterocycles. The summed E-state index contributed by atoms with van der Waals surface area (Å²) in [7, 11) is 15.6. The van der Waals surface area contributed by atoms with Crippen LogP contribution in [0.4, 0.5) is 0 Å². The Bertz CT molecular complexity index is 3330. The van der Waals surface area contributed by atoms with Crippen molar-refractivity contribution in [2.24, 2.45) is 5.41 Å². The first-order chi connectivity index (χ1) is 29.3. The maximum absolute atomic E-state index is 7.84. The number of hydrogen-bond acceptors (Lipinski definition) is 5. The van der Waals surface area contributed by atoms with Crippen molar-refractivity contribution in [2.45, 2.75) is 131 Å². The van der Waals surface area contributed by atoms with Gasteiger partial charge in [0.05, 0.1) is 5.52 Å². The minimum Gasteiger partial charge on any atom is -0.457 e. The molecule has 6 heterocycles. The van der Waals surface area contributed by atoms with Gasteiger partial charge in [-0.3, -0.25) is 0 Å². The molecule has 2 aliphatic heterocycles. The van der Waals surface area contributed by atoms with Gasteiger partial charge in [0.15, 0.2) is 0 Å². The third kappa shape index (κ3) is 4.96. The predicted molar refractivity (Wildman–Crippen MR) is 268 cm³/mol. The smallest absolute Gasteiger partial charge is 0.254 e. The highest BCUT2D eigenvalue weighted by Crippen LogP contribution is 2.62. The molecule has 3 aliphatic rings. The maximum atomic E-state index is 7.84. The highest BCUT2D eigenvalue weighted by molar-refractivity contribution is 7.05. The largest absolute Gasteiger partial charge is 0.457 e. The van der Waals surface area contributed by atoms with Crippen molar-refractivity contribution in [1.29, 1.82) is 0 Å². The lowest BCUT2D eigenvalue weighted by molar-refractivity contribution is 0.125. The quantitative estimate of drug-likeness (QED) is 0.201. The number of furan rings is 1. The molecule has 4 aromatic carbocycles. The number of aromatic nitrogens is 5. The highest BCUT2D eigenvalue weighted by atomic mass is 16.3. The van der Waals surface area contributed by atoms with E-state index in [9.17, 15) is 0 Å². The van der Waals surface area contributed by atoms with Crippen molar-refractivity contribution in [3.05, 3.63) is 89.5 Å². The van der Waals surface area contributed by atoms with Crippen molar-refractivity contribution in [2.75, 3.05) is 0 Å². The summed E-state index contributed by atoms with van der Waals surface area (Å²) in [4.78, 5) is 20.4. The van der Waals surface area contributed by atoms with Gasteiger partial charge in [0.2, 0.25) is 6.71 Å². The fraction of sp³-hybridized carbons (Fsp3) is 0.396. The van der Waals surface area contributed by atoms with Gasteiger partial charge in [-0.2, -0.15) is 0 Å². The zero-order chi connectivity index (χ0) is 45.0. The maximum Gasteiger partial charge on any atom is 0.254 e. The molecule has 1 aliphatic carbocycles. The van der Waals surface area contributed by atoms with Crippen molar-refractivity contribution in [3.8, 4) is 5.69 Å². The molecule has 63 heavy (non-hydrogen) atoms. The molecule has 0 saturated heterocycles. The van der Waals surface area contributed by atoms with E-state index in [4.69, 9.17) is 40.0 Å². The number of para-hydroxylation sites is 1. The van der Waals surface area contributed by atoms with Crippen molar-refractivity contribution >= 4 is 117 Å². The summed E-state index contributed by atoms with van der Waals surface area (Å²) >= 11 is 0. The molecule has 0 unspecified atom stereocenters. The van der Waals surface area contributed by atoms with Crippen LogP contribution in [0, 0.1) is 5.41 Å². The lowest BCUT2D eigenvalue weighted by atomic mass is 9.28. The van der Waals surface area contributed by atoms with E-state index < -0.39 is 5.41 Å². The molecule has 0 spiro atoms. The third-order valence-corrected chi connectivity index (χ3v) is 16.3. The van der Waals surface area contributed by atoms with E-state index in [1.54, 1.807) is 0 Å². The third-order valence-electron chi connectivity index (χ3n) is 16.3. The zero-order valence-electron chi connectivity index (χ0n) is 39.7. The molecule has 4 radical (unpaired) electrons. The average molecular weight is 821 g/mol. The molecule has 0 saturated carbocycles. The Labute approximate surface area is 375 Å². The summed E-state index contributed by atoms with van der Waals surface area (Å²) in [6.45, 7) is 33.7. The predicted octanol–water partition coefficient (Wildman–Crippen LogP) is 6.00. The fourth-order valence-corrected chi connectivity index (χ4v) is 12.1. The van der Waals surface area contributed by atoms with Crippen LogP contribution in [0.2, 0.25) is 0 Å². The highest BCUT2D eigenvalue weighted by Gasteiger charge is 2.60. The molecule has 10 heteroatoms. The lowest BCUT2D eigenvalue weighted by Gasteiger charge is -2.45. The van der Waals surface area contributed by atoms with E-state index in [1.807, 2.05) is 12.4 Å². The van der Waals surface area contributed by atoms with E-state index in [2.05, 4.69) is 157 Å². The number of benzene rings is 4. The first-order valence-corrected chi connectivity index (χ1v) is 22.7. The summed E-state index contributed by atoms with van der Waals surface area (Å²) in [6, 6.07) is 13.4. The molecule has 0 atom stereocenters. The van der Waals surface area contributed by atoms with Crippen molar-refractivity contribution < 1.29 is 4.42 Å². The molecule has 310 valence electrons. The van der Waals surface area contributed by atoms with Gasteiger partial charge in [0.25, 0.3) is 6.71 Å². The average Bonchev–Trinajstić information content (AvgIpc) is 3.77. The molecule has 0 bridgehead atoms. The second kappa shape index (κ2) is 12.2. The van der Waals surface area contributed by atoms with Crippen LogP contribution in [0.1, 0.15) is 132 Å². The molecule has 11 rings (SSSR count). The van der Waals surface area contributed by atoms with Crippen LogP contribution in [0.15, 0.2) is 65.6 Å². The number of nitrogens with zero attached hydrogens (tertiary/aromatic N) is 5. The van der Waals surface area contributed by atoms with Gasteiger partial charge >= 0.3 is 0 Å².